The predicted octanol–water partition coefficient (Wildman–Crippen LogP) is 0.707. The fourth-order valence-electron chi connectivity index (χ4n) is 3.29. The number of fused-ring (bicyclic) bond motifs is 2. The van der Waals surface area contributed by atoms with E-state index in [1.54, 1.807) is 0 Å². The smallest absolute Gasteiger partial charge is 0.334 e. The van der Waals surface area contributed by atoms with Crippen molar-refractivity contribution in [2.45, 2.75) is 43.5 Å². The number of esters is 1. The Morgan fingerprint density at radius 3 is 2.90 bits per heavy atom. The van der Waals surface area contributed by atoms with Crippen LogP contribution in [0.15, 0.2) is 23.8 Å². The van der Waals surface area contributed by atoms with Crippen LogP contribution in [-0.4, -0.2) is 47.2 Å². The van der Waals surface area contributed by atoms with Gasteiger partial charge < -0.3 is 19.7 Å². The number of carbonyl (C=O) groups is 1. The van der Waals surface area contributed by atoms with Gasteiger partial charge in [0.05, 0.1) is 19.3 Å². The normalized spacial score (nSPS) is 43.1. The van der Waals surface area contributed by atoms with Gasteiger partial charge in [-0.15, -0.1) is 0 Å². The van der Waals surface area contributed by atoms with Crippen molar-refractivity contribution in [1.29, 1.82) is 0 Å². The molecule has 5 heteroatoms. The highest BCUT2D eigenvalue weighted by atomic mass is 16.6. The molecule has 0 amide bonds. The molecule has 0 bridgehead atoms. The molecule has 2 aliphatic heterocycles. The molecular weight excluding hydrogens is 260 g/mol. The zero-order valence-electron chi connectivity index (χ0n) is 11.4. The molecule has 4 atom stereocenters. The van der Waals surface area contributed by atoms with E-state index in [1.807, 2.05) is 6.08 Å². The maximum Gasteiger partial charge on any atom is 0.334 e. The Bertz CT molecular complexity index is 469. The van der Waals surface area contributed by atoms with E-state index in [0.717, 1.165) is 12.0 Å². The average molecular weight is 280 g/mol. The largest absolute Gasteiger partial charge is 0.454 e. The highest BCUT2D eigenvalue weighted by molar-refractivity contribution is 5.91. The molecule has 0 unspecified atom stereocenters. The standard InChI is InChI=1S/C15H20O5/c1-9-11-4-5-15(8-17)13(20-15)3-2-10(7-16)6-12(11)19-14(9)18/h6,11-13,16-17H,1-5,7-8H2/b10-6+/t11-,12+,13+,15+/m0/s1. The van der Waals surface area contributed by atoms with Crippen LogP contribution in [0.3, 0.4) is 0 Å². The molecule has 1 aliphatic carbocycles. The molecule has 0 spiro atoms. The van der Waals surface area contributed by atoms with Gasteiger partial charge in [-0.3, -0.25) is 0 Å². The molecule has 0 aromatic carbocycles. The van der Waals surface area contributed by atoms with Crippen molar-refractivity contribution in [3.63, 3.8) is 0 Å². The van der Waals surface area contributed by atoms with Gasteiger partial charge in [-0.25, -0.2) is 4.79 Å². The first-order chi connectivity index (χ1) is 9.59. The second kappa shape index (κ2) is 4.98. The lowest BCUT2D eigenvalue weighted by molar-refractivity contribution is -0.137. The average Bonchev–Trinajstić information content (AvgIpc) is 3.09. The van der Waals surface area contributed by atoms with E-state index < -0.39 is 5.60 Å². The quantitative estimate of drug-likeness (QED) is 0.337. The van der Waals surface area contributed by atoms with Crippen LogP contribution < -0.4 is 0 Å². The van der Waals surface area contributed by atoms with E-state index in [1.165, 1.54) is 0 Å². The maximum atomic E-state index is 11.7. The van der Waals surface area contributed by atoms with Gasteiger partial charge in [-0.1, -0.05) is 6.58 Å². The number of carbonyl (C=O) groups excluding carboxylic acids is 1. The van der Waals surface area contributed by atoms with Gasteiger partial charge >= 0.3 is 5.97 Å². The first kappa shape index (κ1) is 13.8. The van der Waals surface area contributed by atoms with E-state index in [-0.39, 0.29) is 37.3 Å². The lowest BCUT2D eigenvalue weighted by atomic mass is 9.84. The number of ether oxygens (including phenoxy) is 2. The van der Waals surface area contributed by atoms with E-state index in [4.69, 9.17) is 9.47 Å². The van der Waals surface area contributed by atoms with Crippen LogP contribution in [0.4, 0.5) is 0 Å². The third-order valence-electron chi connectivity index (χ3n) is 4.73. The molecule has 3 aliphatic rings. The van der Waals surface area contributed by atoms with Crippen LogP contribution in [0.5, 0.6) is 0 Å². The molecule has 2 N–H and O–H groups in total. The summed E-state index contributed by atoms with van der Waals surface area (Å²) in [5, 5.41) is 19.0. The highest BCUT2D eigenvalue weighted by Gasteiger charge is 2.56. The van der Waals surface area contributed by atoms with Crippen molar-refractivity contribution in [3.8, 4) is 0 Å². The molecule has 2 heterocycles. The number of aliphatic hydroxyl groups is 2. The molecule has 0 saturated carbocycles. The molecule has 0 radical (unpaired) electrons. The van der Waals surface area contributed by atoms with Gasteiger partial charge in [-0.05, 0) is 37.3 Å². The second-order valence-corrected chi connectivity index (χ2v) is 5.89. The predicted molar refractivity (Wildman–Crippen MR) is 70.8 cm³/mol. The molecule has 0 aromatic heterocycles. The Kier molecular flexibility index (Phi) is 3.44. The van der Waals surface area contributed by atoms with Crippen LogP contribution in [0.25, 0.3) is 0 Å². The Morgan fingerprint density at radius 2 is 2.20 bits per heavy atom. The maximum absolute atomic E-state index is 11.7. The summed E-state index contributed by atoms with van der Waals surface area (Å²) < 4.78 is 11.0. The summed E-state index contributed by atoms with van der Waals surface area (Å²) in [6.45, 7) is 3.76. The molecule has 5 nitrogen and oxygen atoms in total. The third-order valence-corrected chi connectivity index (χ3v) is 4.73. The number of hydrogen-bond donors (Lipinski definition) is 2. The molecule has 0 aromatic rings. The van der Waals surface area contributed by atoms with Gasteiger partial charge in [0.1, 0.15) is 11.7 Å². The zero-order valence-corrected chi connectivity index (χ0v) is 11.4. The van der Waals surface area contributed by atoms with Crippen molar-refractivity contribution < 1.29 is 24.5 Å². The Labute approximate surface area is 117 Å². The number of epoxide rings is 1. The summed E-state index contributed by atoms with van der Waals surface area (Å²) in [6.07, 6.45) is 4.42. The first-order valence-corrected chi connectivity index (χ1v) is 7.08. The van der Waals surface area contributed by atoms with Gasteiger partial charge in [0.2, 0.25) is 0 Å². The Morgan fingerprint density at radius 1 is 1.40 bits per heavy atom. The molecule has 110 valence electrons. The summed E-state index contributed by atoms with van der Waals surface area (Å²) in [7, 11) is 0. The van der Waals surface area contributed by atoms with E-state index >= 15 is 0 Å². The highest BCUT2D eigenvalue weighted by Crippen LogP contribution is 2.46. The number of aliphatic hydroxyl groups excluding tert-OH is 2. The molecule has 2 saturated heterocycles. The minimum Gasteiger partial charge on any atom is -0.454 e. The fourth-order valence-corrected chi connectivity index (χ4v) is 3.29. The minimum absolute atomic E-state index is 0.00545. The van der Waals surface area contributed by atoms with Crippen LogP contribution in [-0.2, 0) is 14.3 Å². The van der Waals surface area contributed by atoms with Gasteiger partial charge in [0.25, 0.3) is 0 Å². The Hall–Kier alpha value is -1.17. The van der Waals surface area contributed by atoms with Crippen LogP contribution in [0.2, 0.25) is 0 Å². The third kappa shape index (κ3) is 2.20. The fraction of sp³-hybridized carbons (Fsp3) is 0.667. The second-order valence-electron chi connectivity index (χ2n) is 5.89. The van der Waals surface area contributed by atoms with Crippen molar-refractivity contribution in [2.75, 3.05) is 13.2 Å². The number of hydrogen-bond acceptors (Lipinski definition) is 5. The topological polar surface area (TPSA) is 79.3 Å². The number of rotatable bonds is 2. The van der Waals surface area contributed by atoms with Crippen LogP contribution >= 0.6 is 0 Å². The van der Waals surface area contributed by atoms with E-state index in [2.05, 4.69) is 6.58 Å². The minimum atomic E-state index is -0.464. The molecule has 3 rings (SSSR count). The molecular formula is C15H20O5. The monoisotopic (exact) mass is 280 g/mol. The zero-order chi connectivity index (χ0) is 14.3. The van der Waals surface area contributed by atoms with Crippen molar-refractivity contribution >= 4 is 5.97 Å². The summed E-state index contributed by atoms with van der Waals surface area (Å²) in [5.41, 5.74) is 0.870. The lowest BCUT2D eigenvalue weighted by Gasteiger charge is -2.19. The van der Waals surface area contributed by atoms with E-state index in [0.29, 0.717) is 24.8 Å². The lowest BCUT2D eigenvalue weighted by Crippen LogP contribution is -2.25. The van der Waals surface area contributed by atoms with Gasteiger partial charge in [0, 0.05) is 11.5 Å². The summed E-state index contributed by atoms with van der Waals surface area (Å²) >= 11 is 0. The summed E-state index contributed by atoms with van der Waals surface area (Å²) in [4.78, 5) is 11.7. The van der Waals surface area contributed by atoms with Gasteiger partial charge in [-0.2, -0.15) is 0 Å². The van der Waals surface area contributed by atoms with Crippen molar-refractivity contribution in [2.24, 2.45) is 5.92 Å². The first-order valence-electron chi connectivity index (χ1n) is 7.08. The Balaban J connectivity index is 1.86. The molecule has 2 fully saturated rings. The van der Waals surface area contributed by atoms with Gasteiger partial charge in [0.15, 0.2) is 0 Å². The van der Waals surface area contributed by atoms with Crippen molar-refractivity contribution in [3.05, 3.63) is 23.8 Å². The van der Waals surface area contributed by atoms with Crippen LogP contribution in [0.1, 0.15) is 25.7 Å². The SMILES string of the molecule is C=C1C(=O)O[C@@H]2/C=C(/CO)CC[C@H]3O[C@@]3(CO)CC[C@@H]12. The molecule has 20 heavy (non-hydrogen) atoms. The summed E-state index contributed by atoms with van der Waals surface area (Å²) in [6, 6.07) is 0. The van der Waals surface area contributed by atoms with Crippen LogP contribution in [0, 0.1) is 5.92 Å². The summed E-state index contributed by atoms with van der Waals surface area (Å²) in [5.74, 6) is -0.450. The van der Waals surface area contributed by atoms with Crippen molar-refractivity contribution in [1.82, 2.24) is 0 Å². The van der Waals surface area contributed by atoms with E-state index in [9.17, 15) is 15.0 Å².